The highest BCUT2D eigenvalue weighted by molar-refractivity contribution is 5.82. The zero-order valence-electron chi connectivity index (χ0n) is 12.0. The van der Waals surface area contributed by atoms with Crippen molar-refractivity contribution >= 4 is 5.91 Å². The van der Waals surface area contributed by atoms with E-state index in [2.05, 4.69) is 22.9 Å². The summed E-state index contributed by atoms with van der Waals surface area (Å²) in [6, 6.07) is 0.614. The molecule has 19 heavy (non-hydrogen) atoms. The van der Waals surface area contributed by atoms with Crippen LogP contribution in [-0.4, -0.2) is 30.7 Å². The predicted molar refractivity (Wildman–Crippen MR) is 75.6 cm³/mol. The lowest BCUT2D eigenvalue weighted by atomic mass is 9.78. The van der Waals surface area contributed by atoms with Crippen molar-refractivity contribution < 1.29 is 4.79 Å². The topological polar surface area (TPSA) is 53.2 Å². The number of carbonyl (C=O) groups is 1. The van der Waals surface area contributed by atoms with Crippen LogP contribution in [-0.2, 0) is 4.79 Å². The molecular weight excluding hydrogens is 238 g/mol. The summed E-state index contributed by atoms with van der Waals surface area (Å²) in [4.78, 5) is 12.3. The average Bonchev–Trinajstić information content (AvgIpc) is 2.85. The van der Waals surface area contributed by atoms with Gasteiger partial charge in [-0.25, -0.2) is 0 Å². The van der Waals surface area contributed by atoms with E-state index in [1.165, 1.54) is 32.1 Å². The fourth-order valence-corrected chi connectivity index (χ4v) is 4.12. The van der Waals surface area contributed by atoms with E-state index in [0.29, 0.717) is 6.04 Å². The molecule has 4 heteroatoms. The zero-order valence-corrected chi connectivity index (χ0v) is 12.0. The molecule has 3 aliphatic rings. The highest BCUT2D eigenvalue weighted by Gasteiger charge is 2.41. The van der Waals surface area contributed by atoms with Crippen molar-refractivity contribution in [3.05, 3.63) is 0 Å². The molecule has 2 saturated heterocycles. The van der Waals surface area contributed by atoms with Gasteiger partial charge in [0.15, 0.2) is 0 Å². The van der Waals surface area contributed by atoms with Crippen molar-refractivity contribution in [3.8, 4) is 0 Å². The smallest absolute Gasteiger partial charge is 0.238 e. The molecule has 1 amide bonds. The van der Waals surface area contributed by atoms with Gasteiger partial charge >= 0.3 is 0 Å². The molecule has 0 aromatic rings. The number of amides is 1. The SMILES string of the molecule is CC1CCCC2CC(C(=O)NC3CCCCN3)NC12. The van der Waals surface area contributed by atoms with Crippen LogP contribution < -0.4 is 16.0 Å². The second-order valence-corrected chi connectivity index (χ2v) is 6.66. The molecule has 1 saturated carbocycles. The molecule has 0 aromatic heterocycles. The molecule has 0 radical (unpaired) electrons. The second-order valence-electron chi connectivity index (χ2n) is 6.66. The third kappa shape index (κ3) is 2.95. The molecule has 2 aliphatic heterocycles. The summed E-state index contributed by atoms with van der Waals surface area (Å²) in [5.41, 5.74) is 0. The summed E-state index contributed by atoms with van der Waals surface area (Å²) in [5.74, 6) is 1.66. The Morgan fingerprint density at radius 3 is 2.79 bits per heavy atom. The fourth-order valence-electron chi connectivity index (χ4n) is 4.12. The first kappa shape index (κ1) is 13.4. The Bertz CT molecular complexity index is 327. The maximum absolute atomic E-state index is 12.3. The van der Waals surface area contributed by atoms with Crippen LogP contribution in [0.15, 0.2) is 0 Å². The molecule has 5 unspecified atom stereocenters. The maximum atomic E-state index is 12.3. The van der Waals surface area contributed by atoms with Gasteiger partial charge in [0.2, 0.25) is 5.91 Å². The molecule has 2 heterocycles. The molecule has 3 rings (SSSR count). The average molecular weight is 265 g/mol. The van der Waals surface area contributed by atoms with Crippen LogP contribution in [0.4, 0.5) is 0 Å². The molecule has 108 valence electrons. The van der Waals surface area contributed by atoms with Crippen molar-refractivity contribution in [2.24, 2.45) is 11.8 Å². The number of hydrogen-bond donors (Lipinski definition) is 3. The van der Waals surface area contributed by atoms with E-state index in [0.717, 1.165) is 31.2 Å². The van der Waals surface area contributed by atoms with Gasteiger partial charge in [-0.05, 0) is 56.9 Å². The van der Waals surface area contributed by atoms with Crippen molar-refractivity contribution in [1.82, 2.24) is 16.0 Å². The maximum Gasteiger partial charge on any atom is 0.238 e. The zero-order chi connectivity index (χ0) is 13.2. The van der Waals surface area contributed by atoms with Gasteiger partial charge in [0.05, 0.1) is 12.2 Å². The van der Waals surface area contributed by atoms with Gasteiger partial charge in [-0.2, -0.15) is 0 Å². The van der Waals surface area contributed by atoms with Gasteiger partial charge < -0.3 is 10.6 Å². The van der Waals surface area contributed by atoms with Gasteiger partial charge in [0.1, 0.15) is 0 Å². The first-order valence-corrected chi connectivity index (χ1v) is 8.04. The van der Waals surface area contributed by atoms with Gasteiger partial charge in [0.25, 0.3) is 0 Å². The summed E-state index contributed by atoms with van der Waals surface area (Å²) in [5, 5.41) is 10.2. The highest BCUT2D eigenvalue weighted by atomic mass is 16.2. The predicted octanol–water partition coefficient (Wildman–Crippen LogP) is 1.37. The number of piperidine rings is 1. The van der Waals surface area contributed by atoms with Crippen LogP contribution in [0.5, 0.6) is 0 Å². The van der Waals surface area contributed by atoms with E-state index in [4.69, 9.17) is 0 Å². The van der Waals surface area contributed by atoms with Gasteiger partial charge in [-0.3, -0.25) is 10.1 Å². The molecule has 3 N–H and O–H groups in total. The van der Waals surface area contributed by atoms with Crippen molar-refractivity contribution in [3.63, 3.8) is 0 Å². The summed E-state index contributed by atoms with van der Waals surface area (Å²) in [7, 11) is 0. The lowest BCUT2D eigenvalue weighted by Gasteiger charge is -2.31. The number of rotatable bonds is 2. The number of carbonyl (C=O) groups excluding carboxylic acids is 1. The van der Waals surface area contributed by atoms with Crippen LogP contribution in [0.2, 0.25) is 0 Å². The van der Waals surface area contributed by atoms with E-state index < -0.39 is 0 Å². The Hall–Kier alpha value is -0.610. The van der Waals surface area contributed by atoms with Crippen LogP contribution in [0.25, 0.3) is 0 Å². The van der Waals surface area contributed by atoms with Gasteiger partial charge in [0, 0.05) is 6.04 Å². The van der Waals surface area contributed by atoms with E-state index in [-0.39, 0.29) is 18.1 Å². The summed E-state index contributed by atoms with van der Waals surface area (Å²) in [6.07, 6.45) is 8.70. The molecule has 0 aromatic carbocycles. The summed E-state index contributed by atoms with van der Waals surface area (Å²) in [6.45, 7) is 3.36. The fraction of sp³-hybridized carbons (Fsp3) is 0.933. The van der Waals surface area contributed by atoms with Crippen molar-refractivity contribution in [1.29, 1.82) is 0 Å². The van der Waals surface area contributed by atoms with Crippen LogP contribution >= 0.6 is 0 Å². The van der Waals surface area contributed by atoms with Crippen LogP contribution in [0.1, 0.15) is 51.9 Å². The summed E-state index contributed by atoms with van der Waals surface area (Å²) >= 11 is 0. The minimum atomic E-state index is 0.0410. The summed E-state index contributed by atoms with van der Waals surface area (Å²) < 4.78 is 0. The van der Waals surface area contributed by atoms with E-state index >= 15 is 0 Å². The molecule has 4 nitrogen and oxygen atoms in total. The lowest BCUT2D eigenvalue weighted by molar-refractivity contribution is -0.124. The first-order valence-electron chi connectivity index (χ1n) is 8.04. The standard InChI is InChI=1S/C15H27N3O/c1-10-5-4-6-11-9-12(17-14(10)11)15(19)18-13-7-2-3-8-16-13/h10-14,16-17H,2-9H2,1H3,(H,18,19). The number of nitrogens with one attached hydrogen (secondary N) is 3. The molecule has 5 atom stereocenters. The normalized spacial score (nSPS) is 42.7. The van der Waals surface area contributed by atoms with E-state index in [1.807, 2.05) is 0 Å². The van der Waals surface area contributed by atoms with E-state index in [9.17, 15) is 4.79 Å². The minimum absolute atomic E-state index is 0.0410. The monoisotopic (exact) mass is 265 g/mol. The van der Waals surface area contributed by atoms with Crippen LogP contribution in [0.3, 0.4) is 0 Å². The first-order chi connectivity index (χ1) is 9.24. The molecule has 3 fully saturated rings. The molecule has 1 aliphatic carbocycles. The Balaban J connectivity index is 1.53. The second kappa shape index (κ2) is 5.80. The van der Waals surface area contributed by atoms with Crippen molar-refractivity contribution in [2.75, 3.05) is 6.54 Å². The Morgan fingerprint density at radius 2 is 2.05 bits per heavy atom. The van der Waals surface area contributed by atoms with Crippen LogP contribution in [0, 0.1) is 11.8 Å². The highest BCUT2D eigenvalue weighted by Crippen LogP contribution is 2.36. The Morgan fingerprint density at radius 1 is 1.16 bits per heavy atom. The van der Waals surface area contributed by atoms with Crippen molar-refractivity contribution in [2.45, 2.75) is 70.1 Å². The van der Waals surface area contributed by atoms with Gasteiger partial charge in [-0.1, -0.05) is 13.3 Å². The number of fused-ring (bicyclic) bond motifs is 1. The minimum Gasteiger partial charge on any atom is -0.339 e. The molecule has 0 bridgehead atoms. The Kier molecular flexibility index (Phi) is 4.08. The van der Waals surface area contributed by atoms with E-state index in [1.54, 1.807) is 0 Å². The lowest BCUT2D eigenvalue weighted by Crippen LogP contribution is -2.53. The Labute approximate surface area is 116 Å². The largest absolute Gasteiger partial charge is 0.339 e. The number of hydrogen-bond acceptors (Lipinski definition) is 3. The van der Waals surface area contributed by atoms with Gasteiger partial charge in [-0.15, -0.1) is 0 Å². The third-order valence-corrected chi connectivity index (χ3v) is 5.23. The third-order valence-electron chi connectivity index (χ3n) is 5.23. The quantitative estimate of drug-likeness (QED) is 0.707. The molecular formula is C15H27N3O. The molecule has 0 spiro atoms.